The van der Waals surface area contributed by atoms with Crippen LogP contribution in [0.15, 0.2) is 42.5 Å². The van der Waals surface area contributed by atoms with Crippen LogP contribution in [-0.2, 0) is 4.79 Å². The van der Waals surface area contributed by atoms with E-state index >= 15 is 0 Å². The highest BCUT2D eigenvalue weighted by Gasteiger charge is 2.22. The highest BCUT2D eigenvalue weighted by Crippen LogP contribution is 2.31. The molecule has 2 aromatic carbocycles. The molecule has 1 amide bonds. The van der Waals surface area contributed by atoms with E-state index in [1.54, 1.807) is 36.4 Å². The number of methoxy groups -OCH3 is 2. The van der Waals surface area contributed by atoms with E-state index in [1.165, 1.54) is 14.2 Å². The van der Waals surface area contributed by atoms with Crippen LogP contribution in [0.25, 0.3) is 0 Å². The Morgan fingerprint density at radius 1 is 1.12 bits per heavy atom. The molecule has 2 aromatic rings. The lowest BCUT2D eigenvalue weighted by molar-refractivity contribution is -0.137. The number of carboxylic acids is 1. The van der Waals surface area contributed by atoms with Gasteiger partial charge in [-0.2, -0.15) is 0 Å². The third-order valence-electron chi connectivity index (χ3n) is 3.78. The third kappa shape index (κ3) is 4.73. The van der Waals surface area contributed by atoms with Gasteiger partial charge in [-0.25, -0.2) is 0 Å². The smallest absolute Gasteiger partial charge is 0.305 e. The molecule has 0 aliphatic carbocycles. The summed E-state index contributed by atoms with van der Waals surface area (Å²) in [5.74, 6) is -0.324. The SMILES string of the molecule is COc1ccc(C(CC(=O)O)NC(=O)c2cccc(C)c2)c(OC)c1. The number of carbonyl (C=O) groups excluding carboxylic acids is 1. The number of carboxylic acid groups (broad SMARTS) is 1. The van der Waals surface area contributed by atoms with Crippen molar-refractivity contribution in [2.45, 2.75) is 19.4 Å². The zero-order valence-electron chi connectivity index (χ0n) is 14.4. The van der Waals surface area contributed by atoms with Gasteiger partial charge in [-0.05, 0) is 31.2 Å². The van der Waals surface area contributed by atoms with Crippen LogP contribution in [0.3, 0.4) is 0 Å². The predicted octanol–water partition coefficient (Wildman–Crippen LogP) is 2.96. The quantitative estimate of drug-likeness (QED) is 0.807. The summed E-state index contributed by atoms with van der Waals surface area (Å²) in [6.07, 6.45) is -0.264. The molecule has 0 aliphatic heterocycles. The molecule has 0 heterocycles. The molecule has 0 aromatic heterocycles. The molecule has 1 atom stereocenters. The standard InChI is InChI=1S/C19H21NO5/c1-12-5-4-6-13(9-12)19(23)20-16(11-18(21)22)15-8-7-14(24-2)10-17(15)25-3/h4-10,16H,11H2,1-3H3,(H,20,23)(H,21,22). The zero-order chi connectivity index (χ0) is 18.4. The number of hydrogen-bond acceptors (Lipinski definition) is 4. The monoisotopic (exact) mass is 343 g/mol. The third-order valence-corrected chi connectivity index (χ3v) is 3.78. The summed E-state index contributed by atoms with van der Waals surface area (Å²) in [6.45, 7) is 1.89. The summed E-state index contributed by atoms with van der Waals surface area (Å²) >= 11 is 0. The number of aliphatic carboxylic acids is 1. The van der Waals surface area contributed by atoms with Crippen molar-refractivity contribution in [2.24, 2.45) is 0 Å². The molecule has 0 bridgehead atoms. The number of carbonyl (C=O) groups is 2. The van der Waals surface area contributed by atoms with Gasteiger partial charge >= 0.3 is 5.97 Å². The van der Waals surface area contributed by atoms with E-state index in [-0.39, 0.29) is 12.3 Å². The van der Waals surface area contributed by atoms with Crippen molar-refractivity contribution in [1.82, 2.24) is 5.32 Å². The number of nitrogens with one attached hydrogen (secondary N) is 1. The number of hydrogen-bond donors (Lipinski definition) is 2. The van der Waals surface area contributed by atoms with Gasteiger partial charge in [0.25, 0.3) is 5.91 Å². The minimum Gasteiger partial charge on any atom is -0.497 e. The van der Waals surface area contributed by atoms with Crippen LogP contribution >= 0.6 is 0 Å². The molecule has 2 rings (SSSR count). The molecule has 25 heavy (non-hydrogen) atoms. The molecule has 0 radical (unpaired) electrons. The largest absolute Gasteiger partial charge is 0.497 e. The van der Waals surface area contributed by atoms with E-state index in [2.05, 4.69) is 5.32 Å². The van der Waals surface area contributed by atoms with Gasteiger partial charge in [0.15, 0.2) is 0 Å². The van der Waals surface area contributed by atoms with Crippen LogP contribution in [0.2, 0.25) is 0 Å². The average molecular weight is 343 g/mol. The van der Waals surface area contributed by atoms with Crippen LogP contribution in [-0.4, -0.2) is 31.2 Å². The lowest BCUT2D eigenvalue weighted by Gasteiger charge is -2.20. The second kappa shape index (κ2) is 8.19. The van der Waals surface area contributed by atoms with E-state index < -0.39 is 12.0 Å². The zero-order valence-corrected chi connectivity index (χ0v) is 14.4. The van der Waals surface area contributed by atoms with E-state index in [1.807, 2.05) is 13.0 Å². The van der Waals surface area contributed by atoms with Crippen molar-refractivity contribution in [1.29, 1.82) is 0 Å². The second-order valence-corrected chi connectivity index (χ2v) is 5.60. The molecule has 0 saturated heterocycles. The number of ether oxygens (including phenoxy) is 2. The van der Waals surface area contributed by atoms with Gasteiger partial charge in [0.05, 0.1) is 26.7 Å². The first-order chi connectivity index (χ1) is 11.9. The Morgan fingerprint density at radius 2 is 1.88 bits per heavy atom. The minimum absolute atomic E-state index is 0.264. The maximum Gasteiger partial charge on any atom is 0.305 e. The molecular formula is C19H21NO5. The Balaban J connectivity index is 2.33. The van der Waals surface area contributed by atoms with Crippen molar-refractivity contribution in [2.75, 3.05) is 14.2 Å². The first-order valence-electron chi connectivity index (χ1n) is 7.76. The van der Waals surface area contributed by atoms with Crippen molar-refractivity contribution < 1.29 is 24.2 Å². The lowest BCUT2D eigenvalue weighted by Crippen LogP contribution is -2.30. The van der Waals surface area contributed by atoms with Crippen LogP contribution in [0.5, 0.6) is 11.5 Å². The Kier molecular flexibility index (Phi) is 6.00. The summed E-state index contributed by atoms with van der Waals surface area (Å²) in [5, 5.41) is 12.0. The van der Waals surface area contributed by atoms with Crippen molar-refractivity contribution >= 4 is 11.9 Å². The molecule has 0 saturated carbocycles. The summed E-state index contributed by atoms with van der Waals surface area (Å²) in [5.41, 5.74) is 2.00. The van der Waals surface area contributed by atoms with E-state index in [9.17, 15) is 14.7 Å². The summed E-state index contributed by atoms with van der Waals surface area (Å²) in [6, 6.07) is 11.4. The van der Waals surface area contributed by atoms with Gasteiger partial charge in [0.1, 0.15) is 11.5 Å². The summed E-state index contributed by atoms with van der Waals surface area (Å²) < 4.78 is 10.5. The summed E-state index contributed by atoms with van der Waals surface area (Å²) in [4.78, 5) is 23.8. The van der Waals surface area contributed by atoms with Gasteiger partial charge in [-0.15, -0.1) is 0 Å². The molecule has 0 spiro atoms. The Morgan fingerprint density at radius 3 is 2.48 bits per heavy atom. The van der Waals surface area contributed by atoms with Crippen LogP contribution in [0.1, 0.15) is 33.9 Å². The average Bonchev–Trinajstić information content (AvgIpc) is 2.60. The maximum absolute atomic E-state index is 12.5. The fourth-order valence-electron chi connectivity index (χ4n) is 2.55. The molecule has 1 unspecified atom stereocenters. The fraction of sp³-hybridized carbons (Fsp3) is 0.263. The van der Waals surface area contributed by atoms with E-state index in [4.69, 9.17) is 9.47 Å². The Hall–Kier alpha value is -3.02. The van der Waals surface area contributed by atoms with E-state index in [0.717, 1.165) is 5.56 Å². The topological polar surface area (TPSA) is 84.9 Å². The highest BCUT2D eigenvalue weighted by molar-refractivity contribution is 5.94. The van der Waals surface area contributed by atoms with Crippen LogP contribution in [0.4, 0.5) is 0 Å². The molecule has 6 nitrogen and oxygen atoms in total. The first kappa shape index (κ1) is 18.3. The molecular weight excluding hydrogens is 322 g/mol. The van der Waals surface area contributed by atoms with Crippen molar-refractivity contribution in [3.05, 3.63) is 59.2 Å². The van der Waals surface area contributed by atoms with Gasteiger partial charge in [-0.1, -0.05) is 17.7 Å². The number of aryl methyl sites for hydroxylation is 1. The molecule has 132 valence electrons. The first-order valence-corrected chi connectivity index (χ1v) is 7.76. The van der Waals surface area contributed by atoms with Gasteiger partial charge in [-0.3, -0.25) is 9.59 Å². The number of benzene rings is 2. The van der Waals surface area contributed by atoms with Crippen LogP contribution < -0.4 is 14.8 Å². The highest BCUT2D eigenvalue weighted by atomic mass is 16.5. The van der Waals surface area contributed by atoms with Gasteiger partial charge in [0.2, 0.25) is 0 Å². The molecule has 6 heteroatoms. The maximum atomic E-state index is 12.5. The Bertz CT molecular complexity index is 772. The fourth-order valence-corrected chi connectivity index (χ4v) is 2.55. The predicted molar refractivity (Wildman–Crippen MR) is 93.2 cm³/mol. The molecule has 2 N–H and O–H groups in total. The Labute approximate surface area is 146 Å². The normalized spacial score (nSPS) is 11.5. The van der Waals surface area contributed by atoms with Crippen LogP contribution in [0, 0.1) is 6.92 Å². The molecule has 0 fully saturated rings. The van der Waals surface area contributed by atoms with Gasteiger partial charge in [0, 0.05) is 17.2 Å². The minimum atomic E-state index is -1.02. The summed E-state index contributed by atoms with van der Waals surface area (Å²) in [7, 11) is 3.02. The molecule has 0 aliphatic rings. The van der Waals surface area contributed by atoms with Gasteiger partial charge < -0.3 is 19.9 Å². The number of rotatable bonds is 7. The van der Waals surface area contributed by atoms with Crippen molar-refractivity contribution in [3.8, 4) is 11.5 Å². The lowest BCUT2D eigenvalue weighted by atomic mass is 10.0. The van der Waals surface area contributed by atoms with Crippen molar-refractivity contribution in [3.63, 3.8) is 0 Å². The second-order valence-electron chi connectivity index (χ2n) is 5.60. The van der Waals surface area contributed by atoms with E-state index in [0.29, 0.717) is 22.6 Å². The number of amides is 1.